The number of carbonyl (C=O) groups is 2. The summed E-state index contributed by atoms with van der Waals surface area (Å²) in [5.74, 6) is -1.04. The van der Waals surface area contributed by atoms with E-state index in [0.29, 0.717) is 11.1 Å². The molecule has 2 atom stereocenters. The lowest BCUT2D eigenvalue weighted by Gasteiger charge is -2.18. The molecular weight excluding hydrogens is 423 g/mol. The number of hydrogen-bond acceptors (Lipinski definition) is 4. The van der Waals surface area contributed by atoms with Crippen LogP contribution in [0.25, 0.3) is 0 Å². The normalized spacial score (nSPS) is 13.2. The maximum Gasteiger partial charge on any atom is 0.416 e. The fourth-order valence-electron chi connectivity index (χ4n) is 2.89. The summed E-state index contributed by atoms with van der Waals surface area (Å²) in [6.07, 6.45) is -4.12. The zero-order valence-electron chi connectivity index (χ0n) is 17.5. The molecule has 0 fully saturated rings. The van der Waals surface area contributed by atoms with Crippen LogP contribution in [0.15, 0.2) is 48.5 Å². The molecule has 2 aromatic rings. The number of nitrogen functional groups attached to an aromatic ring is 1. The summed E-state index contributed by atoms with van der Waals surface area (Å²) in [5.41, 5.74) is 12.3. The summed E-state index contributed by atoms with van der Waals surface area (Å²) in [7, 11) is 0. The van der Waals surface area contributed by atoms with Crippen LogP contribution in [0.5, 0.6) is 0 Å². The number of hydrogen-bond donors (Lipinski definition) is 5. The summed E-state index contributed by atoms with van der Waals surface area (Å²) in [6.45, 7) is 1.73. The van der Waals surface area contributed by atoms with E-state index in [1.54, 1.807) is 30.3 Å². The average Bonchev–Trinajstić information content (AvgIpc) is 2.75. The second-order valence-electron chi connectivity index (χ2n) is 7.40. The fourth-order valence-corrected chi connectivity index (χ4v) is 2.89. The molecule has 0 aliphatic rings. The Morgan fingerprint density at radius 3 is 2.31 bits per heavy atom. The van der Waals surface area contributed by atoms with Crippen LogP contribution >= 0.6 is 0 Å². The maximum absolute atomic E-state index is 12.8. The van der Waals surface area contributed by atoms with Gasteiger partial charge in [-0.25, -0.2) is 0 Å². The minimum atomic E-state index is -4.44. The van der Waals surface area contributed by atoms with Gasteiger partial charge in [0.05, 0.1) is 11.6 Å². The zero-order valence-corrected chi connectivity index (χ0v) is 17.5. The predicted molar refractivity (Wildman–Crippen MR) is 115 cm³/mol. The zero-order chi connectivity index (χ0) is 23.9. The van der Waals surface area contributed by atoms with Crippen molar-refractivity contribution in [1.82, 2.24) is 10.6 Å². The average molecular weight is 449 g/mol. The molecule has 0 saturated carbocycles. The first kappa shape index (κ1) is 24.9. The van der Waals surface area contributed by atoms with Crippen LogP contribution in [0.2, 0.25) is 0 Å². The van der Waals surface area contributed by atoms with Gasteiger partial charge >= 0.3 is 6.18 Å². The van der Waals surface area contributed by atoms with Crippen molar-refractivity contribution < 1.29 is 22.8 Å². The molecule has 0 aliphatic carbocycles. The Kier molecular flexibility index (Phi) is 8.36. The van der Waals surface area contributed by atoms with Gasteiger partial charge in [-0.15, -0.1) is 0 Å². The number of rotatable bonds is 9. The Hall–Kier alpha value is -3.40. The van der Waals surface area contributed by atoms with E-state index in [1.807, 2.05) is 0 Å². The second-order valence-corrected chi connectivity index (χ2v) is 7.40. The minimum absolute atomic E-state index is 0.0543. The van der Waals surface area contributed by atoms with Gasteiger partial charge in [-0.2, -0.15) is 13.2 Å². The van der Waals surface area contributed by atoms with E-state index in [9.17, 15) is 22.8 Å². The van der Waals surface area contributed by atoms with Crippen LogP contribution in [0.3, 0.4) is 0 Å². The van der Waals surface area contributed by atoms with Crippen molar-refractivity contribution in [1.29, 1.82) is 5.41 Å². The molecule has 0 bridgehead atoms. The highest BCUT2D eigenvalue weighted by molar-refractivity contribution is 5.94. The van der Waals surface area contributed by atoms with Crippen molar-refractivity contribution in [3.8, 4) is 0 Å². The van der Waals surface area contributed by atoms with E-state index in [4.69, 9.17) is 16.9 Å². The molecule has 0 aromatic heterocycles. The molecule has 7 nitrogen and oxygen atoms in total. The molecule has 7 N–H and O–H groups in total. The van der Waals surface area contributed by atoms with Gasteiger partial charge < -0.3 is 22.1 Å². The number of nitrogens with one attached hydrogen (secondary N) is 3. The molecule has 0 aliphatic heterocycles. The van der Waals surface area contributed by atoms with Crippen molar-refractivity contribution in [2.45, 2.75) is 44.6 Å². The molecule has 0 heterocycles. The van der Waals surface area contributed by atoms with Crippen LogP contribution in [-0.4, -0.2) is 29.7 Å². The van der Waals surface area contributed by atoms with Crippen LogP contribution in [0, 0.1) is 5.41 Å². The third-order valence-electron chi connectivity index (χ3n) is 4.82. The molecule has 0 radical (unpaired) electrons. The van der Waals surface area contributed by atoms with E-state index in [1.165, 1.54) is 13.0 Å². The van der Waals surface area contributed by atoms with Gasteiger partial charge in [0.15, 0.2) is 0 Å². The predicted octanol–water partition coefficient (Wildman–Crippen LogP) is 2.07. The van der Waals surface area contributed by atoms with E-state index < -0.39 is 35.6 Å². The first-order chi connectivity index (χ1) is 15.0. The quantitative estimate of drug-likeness (QED) is 0.296. The van der Waals surface area contributed by atoms with Crippen molar-refractivity contribution in [3.63, 3.8) is 0 Å². The summed E-state index contributed by atoms with van der Waals surface area (Å²) < 4.78 is 38.4. The van der Waals surface area contributed by atoms with Gasteiger partial charge in [0.1, 0.15) is 11.9 Å². The van der Waals surface area contributed by atoms with Gasteiger partial charge in [-0.1, -0.05) is 42.5 Å². The Labute approximate surface area is 183 Å². The Morgan fingerprint density at radius 1 is 1.06 bits per heavy atom. The van der Waals surface area contributed by atoms with E-state index in [-0.39, 0.29) is 25.2 Å². The highest BCUT2D eigenvalue weighted by atomic mass is 19.4. The molecular formula is C22H26F3N5O2. The van der Waals surface area contributed by atoms with Gasteiger partial charge in [0, 0.05) is 12.1 Å². The van der Waals surface area contributed by atoms with Crippen LogP contribution in [-0.2, 0) is 28.7 Å². The third-order valence-corrected chi connectivity index (χ3v) is 4.82. The van der Waals surface area contributed by atoms with Gasteiger partial charge in [0.2, 0.25) is 11.8 Å². The molecule has 2 rings (SSSR count). The summed E-state index contributed by atoms with van der Waals surface area (Å²) >= 11 is 0. The lowest BCUT2D eigenvalue weighted by atomic mass is 10.0. The number of aryl methyl sites for hydroxylation is 1. The largest absolute Gasteiger partial charge is 0.416 e. The highest BCUT2D eigenvalue weighted by Gasteiger charge is 2.30. The molecule has 172 valence electrons. The van der Waals surface area contributed by atoms with E-state index >= 15 is 0 Å². The number of halogens is 3. The number of benzene rings is 2. The van der Waals surface area contributed by atoms with Crippen molar-refractivity contribution >= 4 is 17.6 Å². The number of carbonyl (C=O) groups excluding carboxylic acids is 2. The van der Waals surface area contributed by atoms with Crippen LogP contribution in [0.4, 0.5) is 13.2 Å². The van der Waals surface area contributed by atoms with Crippen molar-refractivity contribution in [3.05, 3.63) is 70.8 Å². The van der Waals surface area contributed by atoms with E-state index in [2.05, 4.69) is 10.6 Å². The maximum atomic E-state index is 12.8. The molecule has 0 unspecified atom stereocenters. The Bertz CT molecular complexity index is 961. The number of nitrogens with two attached hydrogens (primary N) is 2. The monoisotopic (exact) mass is 449 g/mol. The summed E-state index contributed by atoms with van der Waals surface area (Å²) in [6, 6.07) is 9.82. The lowest BCUT2D eigenvalue weighted by Crippen LogP contribution is -2.50. The minimum Gasteiger partial charge on any atom is -0.384 e. The molecule has 0 saturated heterocycles. The number of amidine groups is 1. The highest BCUT2D eigenvalue weighted by Crippen LogP contribution is 2.29. The SMILES string of the molecule is C[C@H](NC(=O)[C@H](N)CCc1cccc(C(F)(F)F)c1)C(=O)NCc1ccc(C(=N)N)cc1. The Balaban J connectivity index is 1.80. The first-order valence-corrected chi connectivity index (χ1v) is 9.90. The van der Waals surface area contributed by atoms with Gasteiger partial charge in [0.25, 0.3) is 0 Å². The standard InChI is InChI=1S/C22H26F3N5O2/c1-13(20(31)29-12-15-5-8-16(9-6-15)19(27)28)30-21(32)18(26)10-7-14-3-2-4-17(11-14)22(23,24)25/h2-6,8-9,11,13,18H,7,10,12,26H2,1H3,(H3,27,28)(H,29,31)(H,30,32)/t13-,18+/m0/s1. The molecule has 0 spiro atoms. The number of amides is 2. The topological polar surface area (TPSA) is 134 Å². The van der Waals surface area contributed by atoms with Gasteiger partial charge in [-0.3, -0.25) is 15.0 Å². The van der Waals surface area contributed by atoms with Crippen molar-refractivity contribution in [2.24, 2.45) is 11.5 Å². The van der Waals surface area contributed by atoms with E-state index in [0.717, 1.165) is 17.7 Å². The first-order valence-electron chi connectivity index (χ1n) is 9.90. The van der Waals surface area contributed by atoms with Gasteiger partial charge in [-0.05, 0) is 37.0 Å². The summed E-state index contributed by atoms with van der Waals surface area (Å²) in [4.78, 5) is 24.5. The van der Waals surface area contributed by atoms with Crippen LogP contribution in [0.1, 0.15) is 35.6 Å². The molecule has 2 aromatic carbocycles. The molecule has 2 amide bonds. The number of alkyl halides is 3. The lowest BCUT2D eigenvalue weighted by molar-refractivity contribution is -0.137. The fraction of sp³-hybridized carbons (Fsp3) is 0.318. The third kappa shape index (κ3) is 7.38. The molecule has 32 heavy (non-hydrogen) atoms. The van der Waals surface area contributed by atoms with Crippen LogP contribution < -0.4 is 22.1 Å². The smallest absolute Gasteiger partial charge is 0.384 e. The molecule has 10 heteroatoms. The van der Waals surface area contributed by atoms with Crippen molar-refractivity contribution in [2.75, 3.05) is 0 Å². The second kappa shape index (κ2) is 10.8. The Morgan fingerprint density at radius 2 is 1.72 bits per heavy atom. The summed E-state index contributed by atoms with van der Waals surface area (Å²) in [5, 5.41) is 12.6.